The molecule has 110 valence electrons. The van der Waals surface area contributed by atoms with Gasteiger partial charge in [-0.1, -0.05) is 42.5 Å². The second-order valence-corrected chi connectivity index (χ2v) is 5.14. The molecule has 0 aromatic heterocycles. The molecule has 21 heavy (non-hydrogen) atoms. The molecule has 0 saturated heterocycles. The first kappa shape index (κ1) is 15.1. The number of nitrogens with one attached hydrogen (secondary N) is 1. The molecule has 1 N–H and O–H groups in total. The lowest BCUT2D eigenvalue weighted by Gasteiger charge is -2.18. The summed E-state index contributed by atoms with van der Waals surface area (Å²) >= 11 is 0. The first-order valence-corrected chi connectivity index (χ1v) is 7.11. The molecule has 3 heteroatoms. The van der Waals surface area contributed by atoms with Crippen molar-refractivity contribution in [3.8, 4) is 5.75 Å². The Labute approximate surface area is 126 Å². The highest BCUT2D eigenvalue weighted by molar-refractivity contribution is 5.83. The summed E-state index contributed by atoms with van der Waals surface area (Å²) in [6.07, 6.45) is 0. The fourth-order valence-electron chi connectivity index (χ4n) is 2.21. The molecule has 0 radical (unpaired) electrons. The lowest BCUT2D eigenvalue weighted by molar-refractivity contribution is -0.122. The van der Waals surface area contributed by atoms with Gasteiger partial charge in [-0.15, -0.1) is 0 Å². The molecule has 0 bridgehead atoms. The Morgan fingerprint density at radius 1 is 0.952 bits per heavy atom. The first-order valence-electron chi connectivity index (χ1n) is 7.11. The number of ether oxygens (including phenoxy) is 1. The van der Waals surface area contributed by atoms with E-state index >= 15 is 0 Å². The second-order valence-electron chi connectivity index (χ2n) is 5.14. The summed E-state index contributed by atoms with van der Waals surface area (Å²) in [5, 5.41) is 3.05. The molecule has 0 aliphatic carbocycles. The molecule has 2 aromatic rings. The number of amides is 1. The van der Waals surface area contributed by atoms with Gasteiger partial charge >= 0.3 is 0 Å². The van der Waals surface area contributed by atoms with Crippen LogP contribution in [0.1, 0.15) is 36.9 Å². The van der Waals surface area contributed by atoms with Gasteiger partial charge in [0.15, 0.2) is 0 Å². The van der Waals surface area contributed by atoms with E-state index in [1.54, 1.807) is 7.11 Å². The number of hydrogen-bond donors (Lipinski definition) is 1. The van der Waals surface area contributed by atoms with Gasteiger partial charge < -0.3 is 10.1 Å². The summed E-state index contributed by atoms with van der Waals surface area (Å²) in [4.78, 5) is 12.3. The SMILES string of the molecule is COc1ccc([C@@H](C)NC(=O)[C@@H](C)c2ccccc2)cc1. The Kier molecular flexibility index (Phi) is 4.99. The molecule has 0 aliphatic rings. The maximum atomic E-state index is 12.3. The molecular formula is C18H21NO2. The largest absolute Gasteiger partial charge is 0.497 e. The third kappa shape index (κ3) is 3.85. The Morgan fingerprint density at radius 3 is 2.14 bits per heavy atom. The maximum absolute atomic E-state index is 12.3. The molecular weight excluding hydrogens is 262 g/mol. The molecule has 0 heterocycles. The number of carbonyl (C=O) groups excluding carboxylic acids is 1. The molecule has 3 nitrogen and oxygen atoms in total. The van der Waals surface area contributed by atoms with Crippen molar-refractivity contribution in [2.24, 2.45) is 0 Å². The zero-order chi connectivity index (χ0) is 15.2. The van der Waals surface area contributed by atoms with Crippen molar-refractivity contribution >= 4 is 5.91 Å². The van der Waals surface area contributed by atoms with Crippen LogP contribution in [0.25, 0.3) is 0 Å². The normalized spacial score (nSPS) is 13.3. The molecule has 1 amide bonds. The number of methoxy groups -OCH3 is 1. The van der Waals surface area contributed by atoms with Crippen molar-refractivity contribution in [3.63, 3.8) is 0 Å². The van der Waals surface area contributed by atoms with E-state index in [1.165, 1.54) is 0 Å². The highest BCUT2D eigenvalue weighted by Crippen LogP contribution is 2.20. The predicted octanol–water partition coefficient (Wildman–Crippen LogP) is 3.68. The zero-order valence-corrected chi connectivity index (χ0v) is 12.7. The fraction of sp³-hybridized carbons (Fsp3) is 0.278. The van der Waals surface area contributed by atoms with E-state index in [9.17, 15) is 4.79 Å². The average Bonchev–Trinajstić information content (AvgIpc) is 2.55. The Morgan fingerprint density at radius 2 is 1.57 bits per heavy atom. The average molecular weight is 283 g/mol. The summed E-state index contributed by atoms with van der Waals surface area (Å²) < 4.78 is 5.14. The fourth-order valence-corrected chi connectivity index (χ4v) is 2.21. The minimum absolute atomic E-state index is 0.0320. The van der Waals surface area contributed by atoms with Crippen molar-refractivity contribution in [2.45, 2.75) is 25.8 Å². The lowest BCUT2D eigenvalue weighted by Crippen LogP contribution is -2.30. The monoisotopic (exact) mass is 283 g/mol. The van der Waals surface area contributed by atoms with Crippen LogP contribution in [0.4, 0.5) is 0 Å². The Hall–Kier alpha value is -2.29. The van der Waals surface area contributed by atoms with Crippen molar-refractivity contribution < 1.29 is 9.53 Å². The van der Waals surface area contributed by atoms with E-state index < -0.39 is 0 Å². The third-order valence-electron chi connectivity index (χ3n) is 3.67. The maximum Gasteiger partial charge on any atom is 0.227 e. The van der Waals surface area contributed by atoms with Crippen LogP contribution < -0.4 is 10.1 Å². The summed E-state index contributed by atoms with van der Waals surface area (Å²) in [5.74, 6) is 0.686. The number of rotatable bonds is 5. The van der Waals surface area contributed by atoms with E-state index in [1.807, 2.05) is 68.4 Å². The Balaban J connectivity index is 2.01. The second kappa shape index (κ2) is 6.93. The van der Waals surface area contributed by atoms with Crippen LogP contribution in [0.3, 0.4) is 0 Å². The van der Waals surface area contributed by atoms with Crippen LogP contribution >= 0.6 is 0 Å². The van der Waals surface area contributed by atoms with Gasteiger partial charge in [-0.05, 0) is 37.1 Å². The van der Waals surface area contributed by atoms with Crippen LogP contribution in [-0.2, 0) is 4.79 Å². The van der Waals surface area contributed by atoms with Crippen LogP contribution in [0.2, 0.25) is 0 Å². The van der Waals surface area contributed by atoms with E-state index in [0.29, 0.717) is 0 Å². The summed E-state index contributed by atoms with van der Waals surface area (Å²) in [6.45, 7) is 3.91. The summed E-state index contributed by atoms with van der Waals surface area (Å²) in [6, 6.07) is 17.5. The van der Waals surface area contributed by atoms with E-state index in [-0.39, 0.29) is 17.9 Å². The van der Waals surface area contributed by atoms with Crippen LogP contribution in [-0.4, -0.2) is 13.0 Å². The van der Waals surface area contributed by atoms with E-state index in [0.717, 1.165) is 16.9 Å². The van der Waals surface area contributed by atoms with E-state index in [2.05, 4.69) is 5.32 Å². The van der Waals surface area contributed by atoms with Crippen molar-refractivity contribution in [2.75, 3.05) is 7.11 Å². The summed E-state index contributed by atoms with van der Waals surface area (Å²) in [7, 11) is 1.64. The lowest BCUT2D eigenvalue weighted by atomic mass is 9.99. The third-order valence-corrected chi connectivity index (χ3v) is 3.67. The topological polar surface area (TPSA) is 38.3 Å². The molecule has 0 saturated carbocycles. The minimum Gasteiger partial charge on any atom is -0.497 e. The van der Waals surface area contributed by atoms with Gasteiger partial charge in [-0.3, -0.25) is 4.79 Å². The predicted molar refractivity (Wildman–Crippen MR) is 84.4 cm³/mol. The number of hydrogen-bond acceptors (Lipinski definition) is 2. The molecule has 0 fully saturated rings. The van der Waals surface area contributed by atoms with Crippen LogP contribution in [0, 0.1) is 0 Å². The molecule has 0 spiro atoms. The smallest absolute Gasteiger partial charge is 0.227 e. The Bertz CT molecular complexity index is 578. The van der Waals surface area contributed by atoms with Crippen molar-refractivity contribution in [1.29, 1.82) is 0 Å². The highest BCUT2D eigenvalue weighted by Gasteiger charge is 2.17. The van der Waals surface area contributed by atoms with Gasteiger partial charge in [0.1, 0.15) is 5.75 Å². The van der Waals surface area contributed by atoms with Gasteiger partial charge in [-0.2, -0.15) is 0 Å². The number of benzene rings is 2. The molecule has 2 atom stereocenters. The van der Waals surface area contributed by atoms with Crippen molar-refractivity contribution in [1.82, 2.24) is 5.32 Å². The zero-order valence-electron chi connectivity index (χ0n) is 12.7. The van der Waals surface area contributed by atoms with Gasteiger partial charge in [0, 0.05) is 0 Å². The quantitative estimate of drug-likeness (QED) is 0.909. The standard InChI is InChI=1S/C18H21NO2/c1-13(15-7-5-4-6-8-15)18(20)19-14(2)16-9-11-17(21-3)12-10-16/h4-14H,1-3H3,(H,19,20)/t13-,14+/m0/s1. The minimum atomic E-state index is -0.160. The summed E-state index contributed by atoms with van der Waals surface area (Å²) in [5.41, 5.74) is 2.08. The van der Waals surface area contributed by atoms with Crippen LogP contribution in [0.5, 0.6) is 5.75 Å². The highest BCUT2D eigenvalue weighted by atomic mass is 16.5. The molecule has 0 unspecified atom stereocenters. The van der Waals surface area contributed by atoms with Crippen LogP contribution in [0.15, 0.2) is 54.6 Å². The van der Waals surface area contributed by atoms with Gasteiger partial charge in [0.25, 0.3) is 0 Å². The molecule has 0 aliphatic heterocycles. The van der Waals surface area contributed by atoms with E-state index in [4.69, 9.17) is 4.74 Å². The molecule has 2 rings (SSSR count). The van der Waals surface area contributed by atoms with Gasteiger partial charge in [-0.25, -0.2) is 0 Å². The number of carbonyl (C=O) groups is 1. The molecule has 2 aromatic carbocycles. The van der Waals surface area contributed by atoms with Crippen molar-refractivity contribution in [3.05, 3.63) is 65.7 Å². The first-order chi connectivity index (χ1) is 10.1. The van der Waals surface area contributed by atoms with Gasteiger partial charge in [0.05, 0.1) is 19.1 Å². The van der Waals surface area contributed by atoms with Gasteiger partial charge in [0.2, 0.25) is 5.91 Å².